The molecule has 0 saturated heterocycles. The molecule has 0 aliphatic heterocycles. The zero-order chi connectivity index (χ0) is 16.8. The van der Waals surface area contributed by atoms with Gasteiger partial charge < -0.3 is 5.32 Å². The predicted octanol–water partition coefficient (Wildman–Crippen LogP) is 3.61. The Morgan fingerprint density at radius 3 is 2.75 bits per heavy atom. The molecule has 0 bridgehead atoms. The Balaban J connectivity index is 1.41. The zero-order valence-electron chi connectivity index (χ0n) is 14.5. The number of nitrogens with one attached hydrogen (secondary N) is 1. The van der Waals surface area contributed by atoms with Gasteiger partial charge in [0.15, 0.2) is 0 Å². The van der Waals surface area contributed by atoms with Gasteiger partial charge in [-0.05, 0) is 32.0 Å². The summed E-state index contributed by atoms with van der Waals surface area (Å²) >= 11 is 1.72. The van der Waals surface area contributed by atoms with E-state index in [-0.39, 0.29) is 5.91 Å². The Morgan fingerprint density at radius 1 is 1.25 bits per heavy atom. The second-order valence-corrected chi connectivity index (χ2v) is 7.85. The highest BCUT2D eigenvalue weighted by Crippen LogP contribution is 2.22. The summed E-state index contributed by atoms with van der Waals surface area (Å²) in [6, 6.07) is 8.75. The molecule has 0 unspecified atom stereocenters. The first-order valence-electron chi connectivity index (χ1n) is 9.04. The number of carbonyl (C=O) groups is 1. The van der Waals surface area contributed by atoms with Gasteiger partial charge in [-0.15, -0.1) is 11.3 Å². The minimum atomic E-state index is 0.128. The summed E-state index contributed by atoms with van der Waals surface area (Å²) in [7, 11) is 2.09. The molecule has 0 spiro atoms. The van der Waals surface area contributed by atoms with E-state index in [9.17, 15) is 4.79 Å². The molecule has 1 heterocycles. The summed E-state index contributed by atoms with van der Waals surface area (Å²) in [5.41, 5.74) is 1.05. The highest BCUT2D eigenvalue weighted by atomic mass is 32.1. The Kier molecular flexibility index (Phi) is 6.21. The summed E-state index contributed by atoms with van der Waals surface area (Å²) in [5.74, 6) is 0.128. The van der Waals surface area contributed by atoms with E-state index < -0.39 is 0 Å². The number of para-hydroxylation sites is 1. The lowest BCUT2D eigenvalue weighted by atomic mass is 10.1. The maximum absolute atomic E-state index is 12.2. The molecule has 3 rings (SSSR count). The third-order valence-corrected chi connectivity index (χ3v) is 5.94. The zero-order valence-corrected chi connectivity index (χ0v) is 15.3. The minimum absolute atomic E-state index is 0.128. The first-order valence-corrected chi connectivity index (χ1v) is 9.85. The summed E-state index contributed by atoms with van der Waals surface area (Å²) in [6.45, 7) is 1.17. The van der Waals surface area contributed by atoms with Crippen LogP contribution in [0.3, 0.4) is 0 Å². The first kappa shape index (κ1) is 17.4. The van der Waals surface area contributed by atoms with Crippen molar-refractivity contribution in [3.8, 4) is 0 Å². The highest BCUT2D eigenvalue weighted by Gasteiger charge is 2.18. The number of aromatic nitrogens is 1. The fraction of sp³-hybridized carbons (Fsp3) is 0.579. The smallest absolute Gasteiger partial charge is 0.234 e. The summed E-state index contributed by atoms with van der Waals surface area (Å²) in [6.07, 6.45) is 8.56. The van der Waals surface area contributed by atoms with Crippen LogP contribution in [0.2, 0.25) is 0 Å². The van der Waals surface area contributed by atoms with Crippen molar-refractivity contribution < 1.29 is 4.79 Å². The average molecular weight is 346 g/mol. The van der Waals surface area contributed by atoms with Crippen LogP contribution < -0.4 is 5.32 Å². The normalized spacial score (nSPS) is 16.4. The Bertz CT molecular complexity index is 628. The van der Waals surface area contributed by atoms with E-state index in [1.165, 1.54) is 43.2 Å². The average Bonchev–Trinajstić information content (AvgIpc) is 2.79. The van der Waals surface area contributed by atoms with Gasteiger partial charge in [-0.3, -0.25) is 9.69 Å². The van der Waals surface area contributed by atoms with E-state index in [2.05, 4.69) is 28.3 Å². The molecule has 0 radical (unpaired) electrons. The third-order valence-electron chi connectivity index (χ3n) is 4.84. The van der Waals surface area contributed by atoms with E-state index >= 15 is 0 Å². The molecule has 1 fully saturated rings. The van der Waals surface area contributed by atoms with Crippen LogP contribution in [0.25, 0.3) is 10.2 Å². The topological polar surface area (TPSA) is 45.2 Å². The van der Waals surface area contributed by atoms with E-state index in [1.807, 2.05) is 18.2 Å². The van der Waals surface area contributed by atoms with Crippen LogP contribution in [0, 0.1) is 0 Å². The predicted molar refractivity (Wildman–Crippen MR) is 100 cm³/mol. The van der Waals surface area contributed by atoms with Crippen LogP contribution >= 0.6 is 11.3 Å². The number of hydrogen-bond donors (Lipinski definition) is 1. The van der Waals surface area contributed by atoms with Gasteiger partial charge in [-0.25, -0.2) is 4.98 Å². The van der Waals surface area contributed by atoms with Crippen LogP contribution in [0.1, 0.15) is 43.5 Å². The van der Waals surface area contributed by atoms with Crippen molar-refractivity contribution in [3.05, 3.63) is 29.3 Å². The SMILES string of the molecule is CN(CC(=O)NCCc1nc2ccccc2s1)C1CCCCCC1. The van der Waals surface area contributed by atoms with Gasteiger partial charge >= 0.3 is 0 Å². The fourth-order valence-corrected chi connectivity index (χ4v) is 4.41. The molecule has 1 amide bonds. The maximum Gasteiger partial charge on any atom is 0.234 e. The molecule has 5 heteroatoms. The van der Waals surface area contributed by atoms with Crippen molar-refractivity contribution in [3.63, 3.8) is 0 Å². The van der Waals surface area contributed by atoms with Gasteiger partial charge in [-0.1, -0.05) is 37.8 Å². The second kappa shape index (κ2) is 8.58. The third kappa shape index (κ3) is 4.77. The molecule has 0 atom stereocenters. The fourth-order valence-electron chi connectivity index (χ4n) is 3.45. The largest absolute Gasteiger partial charge is 0.355 e. The summed E-state index contributed by atoms with van der Waals surface area (Å²) < 4.78 is 1.21. The van der Waals surface area contributed by atoms with Crippen LogP contribution in [0.4, 0.5) is 0 Å². The van der Waals surface area contributed by atoms with Crippen LogP contribution in [0.5, 0.6) is 0 Å². The maximum atomic E-state index is 12.2. The van der Waals surface area contributed by atoms with E-state index in [0.29, 0.717) is 19.1 Å². The number of benzene rings is 1. The van der Waals surface area contributed by atoms with Gasteiger partial charge in [0.1, 0.15) is 0 Å². The quantitative estimate of drug-likeness (QED) is 0.814. The molecule has 1 saturated carbocycles. The van der Waals surface area contributed by atoms with E-state index in [1.54, 1.807) is 11.3 Å². The Hall–Kier alpha value is -1.46. The number of carbonyl (C=O) groups excluding carboxylic acids is 1. The van der Waals surface area contributed by atoms with Gasteiger partial charge in [0.05, 0.1) is 21.8 Å². The number of likely N-dealkylation sites (N-methyl/N-ethyl adjacent to an activating group) is 1. The Labute approximate surface area is 148 Å². The molecule has 24 heavy (non-hydrogen) atoms. The van der Waals surface area contributed by atoms with Gasteiger partial charge in [0, 0.05) is 19.0 Å². The molecular weight excluding hydrogens is 318 g/mol. The number of thiazole rings is 1. The van der Waals surface area contributed by atoms with E-state index in [4.69, 9.17) is 0 Å². The minimum Gasteiger partial charge on any atom is -0.355 e. The molecule has 1 aromatic heterocycles. The number of hydrogen-bond acceptors (Lipinski definition) is 4. The van der Waals surface area contributed by atoms with Crippen molar-refractivity contribution in [2.75, 3.05) is 20.1 Å². The summed E-state index contributed by atoms with van der Waals surface area (Å²) in [5, 5.41) is 4.14. The Morgan fingerprint density at radius 2 is 2.00 bits per heavy atom. The lowest BCUT2D eigenvalue weighted by Gasteiger charge is -2.26. The molecule has 1 aromatic carbocycles. The summed E-state index contributed by atoms with van der Waals surface area (Å²) in [4.78, 5) is 19.0. The van der Waals surface area contributed by atoms with Crippen molar-refractivity contribution in [2.45, 2.75) is 51.0 Å². The number of nitrogens with zero attached hydrogens (tertiary/aromatic N) is 2. The standard InChI is InChI=1S/C19H27N3OS/c1-22(15-8-4-2-3-5-9-15)14-18(23)20-13-12-19-21-16-10-6-7-11-17(16)24-19/h6-7,10-11,15H,2-5,8-9,12-14H2,1H3,(H,20,23). The molecular formula is C19H27N3OS. The van der Waals surface area contributed by atoms with Crippen molar-refractivity contribution in [2.24, 2.45) is 0 Å². The molecule has 2 aromatic rings. The van der Waals surface area contributed by atoms with Crippen LogP contribution in [0.15, 0.2) is 24.3 Å². The number of fused-ring (bicyclic) bond motifs is 1. The van der Waals surface area contributed by atoms with Crippen LogP contribution in [-0.2, 0) is 11.2 Å². The van der Waals surface area contributed by atoms with Gasteiger partial charge in [-0.2, -0.15) is 0 Å². The second-order valence-electron chi connectivity index (χ2n) is 6.74. The van der Waals surface area contributed by atoms with E-state index in [0.717, 1.165) is 16.9 Å². The number of amides is 1. The van der Waals surface area contributed by atoms with Crippen molar-refractivity contribution in [1.29, 1.82) is 0 Å². The van der Waals surface area contributed by atoms with Crippen molar-refractivity contribution >= 4 is 27.5 Å². The highest BCUT2D eigenvalue weighted by molar-refractivity contribution is 7.18. The molecule has 130 valence electrons. The number of rotatable bonds is 6. The van der Waals surface area contributed by atoms with Gasteiger partial charge in [0.25, 0.3) is 0 Å². The lowest BCUT2D eigenvalue weighted by Crippen LogP contribution is -2.41. The van der Waals surface area contributed by atoms with Crippen LogP contribution in [-0.4, -0.2) is 42.0 Å². The molecule has 1 N–H and O–H groups in total. The molecule has 4 nitrogen and oxygen atoms in total. The van der Waals surface area contributed by atoms with Crippen molar-refractivity contribution in [1.82, 2.24) is 15.2 Å². The first-order chi connectivity index (χ1) is 11.7. The van der Waals surface area contributed by atoms with Gasteiger partial charge in [0.2, 0.25) is 5.91 Å². The molecule has 1 aliphatic rings. The molecule has 1 aliphatic carbocycles. The lowest BCUT2D eigenvalue weighted by molar-refractivity contribution is -0.122. The monoisotopic (exact) mass is 345 g/mol.